The Labute approximate surface area is 109 Å². The van der Waals surface area contributed by atoms with E-state index in [2.05, 4.69) is 10.6 Å². The number of carbonyl (C=O) groups is 1. The Morgan fingerprint density at radius 1 is 1.47 bits per heavy atom. The number of hydrogen-bond donors (Lipinski definition) is 3. The lowest BCUT2D eigenvalue weighted by molar-refractivity contribution is -0.384. The quantitative estimate of drug-likeness (QED) is 0.568. The number of anilines is 1. The monoisotopic (exact) mass is 265 g/mol. The molecule has 1 aliphatic rings. The van der Waals surface area contributed by atoms with Crippen molar-refractivity contribution >= 4 is 17.4 Å². The molecule has 102 valence electrons. The second-order valence-corrected chi connectivity index (χ2v) is 4.68. The van der Waals surface area contributed by atoms with Crippen LogP contribution in [0.15, 0.2) is 24.3 Å². The molecule has 0 saturated heterocycles. The van der Waals surface area contributed by atoms with Crippen molar-refractivity contribution in [2.24, 2.45) is 0 Å². The number of urea groups is 1. The normalized spacial score (nSPS) is 16.3. The predicted octanol–water partition coefficient (Wildman–Crippen LogP) is 1.63. The maximum Gasteiger partial charge on any atom is 0.319 e. The van der Waals surface area contributed by atoms with E-state index < -0.39 is 16.5 Å². The summed E-state index contributed by atoms with van der Waals surface area (Å²) >= 11 is 0. The number of nitrogens with one attached hydrogen (secondary N) is 2. The highest BCUT2D eigenvalue weighted by Crippen LogP contribution is 2.31. The third-order valence-electron chi connectivity index (χ3n) is 3.31. The van der Waals surface area contributed by atoms with Crippen LogP contribution < -0.4 is 10.6 Å². The molecule has 1 aromatic carbocycles. The highest BCUT2D eigenvalue weighted by atomic mass is 16.6. The van der Waals surface area contributed by atoms with Crippen LogP contribution in [0.4, 0.5) is 16.2 Å². The summed E-state index contributed by atoms with van der Waals surface area (Å²) in [5, 5.41) is 25.1. The number of carbonyl (C=O) groups excluding carboxylic acids is 1. The molecule has 0 radical (unpaired) electrons. The summed E-state index contributed by atoms with van der Waals surface area (Å²) in [5.74, 6) is 0. The van der Waals surface area contributed by atoms with Gasteiger partial charge in [-0.05, 0) is 25.3 Å². The second-order valence-electron chi connectivity index (χ2n) is 4.68. The second kappa shape index (κ2) is 5.23. The number of hydrogen-bond acceptors (Lipinski definition) is 4. The minimum absolute atomic E-state index is 0.0849. The zero-order valence-corrected chi connectivity index (χ0v) is 10.3. The predicted molar refractivity (Wildman–Crippen MR) is 68.9 cm³/mol. The van der Waals surface area contributed by atoms with Crippen LogP contribution in [0.5, 0.6) is 0 Å². The van der Waals surface area contributed by atoms with Gasteiger partial charge in [-0.1, -0.05) is 6.07 Å². The van der Waals surface area contributed by atoms with Crippen molar-refractivity contribution in [3.8, 4) is 0 Å². The molecule has 0 bridgehead atoms. The van der Waals surface area contributed by atoms with Crippen molar-refractivity contribution < 1.29 is 14.8 Å². The Bertz CT molecular complexity index is 494. The molecule has 1 fully saturated rings. The summed E-state index contributed by atoms with van der Waals surface area (Å²) in [7, 11) is 0. The lowest BCUT2D eigenvalue weighted by Crippen LogP contribution is -2.57. The third kappa shape index (κ3) is 3.00. The zero-order valence-electron chi connectivity index (χ0n) is 10.3. The van der Waals surface area contributed by atoms with Crippen molar-refractivity contribution in [1.82, 2.24) is 5.32 Å². The van der Waals surface area contributed by atoms with Crippen LogP contribution in [0.25, 0.3) is 0 Å². The number of nitro benzene ring substituents is 1. The van der Waals surface area contributed by atoms with Crippen LogP contribution >= 0.6 is 0 Å². The van der Waals surface area contributed by atoms with E-state index in [1.807, 2.05) is 0 Å². The molecule has 1 aliphatic carbocycles. The molecule has 0 unspecified atom stereocenters. The van der Waals surface area contributed by atoms with Crippen molar-refractivity contribution in [1.29, 1.82) is 0 Å². The molecule has 0 aliphatic heterocycles. The molecule has 3 N–H and O–H groups in total. The zero-order chi connectivity index (χ0) is 13.9. The van der Waals surface area contributed by atoms with Crippen molar-refractivity contribution in [2.75, 3.05) is 11.9 Å². The van der Waals surface area contributed by atoms with Gasteiger partial charge in [-0.15, -0.1) is 0 Å². The standard InChI is InChI=1S/C12H15N3O4/c16-8-12(5-2-6-12)14-11(17)13-9-3-1-4-10(7-9)15(18)19/h1,3-4,7,16H,2,5-6,8H2,(H2,13,14,17). The van der Waals surface area contributed by atoms with Crippen molar-refractivity contribution in [2.45, 2.75) is 24.8 Å². The van der Waals surface area contributed by atoms with Gasteiger partial charge in [0.25, 0.3) is 5.69 Å². The van der Waals surface area contributed by atoms with Gasteiger partial charge >= 0.3 is 6.03 Å². The van der Waals surface area contributed by atoms with Crippen LogP contribution in [0.3, 0.4) is 0 Å². The average molecular weight is 265 g/mol. The fraction of sp³-hybridized carbons (Fsp3) is 0.417. The van der Waals surface area contributed by atoms with Gasteiger partial charge in [-0.25, -0.2) is 4.79 Å². The van der Waals surface area contributed by atoms with E-state index in [4.69, 9.17) is 0 Å². The first-order valence-electron chi connectivity index (χ1n) is 5.99. The number of amides is 2. The summed E-state index contributed by atoms with van der Waals surface area (Å²) in [6, 6.07) is 5.24. The molecule has 2 amide bonds. The fourth-order valence-electron chi connectivity index (χ4n) is 2.03. The molecule has 0 heterocycles. The van der Waals surface area contributed by atoms with Gasteiger partial charge in [0.15, 0.2) is 0 Å². The van der Waals surface area contributed by atoms with E-state index in [0.29, 0.717) is 5.69 Å². The number of nitrogens with zero attached hydrogens (tertiary/aromatic N) is 1. The van der Waals surface area contributed by atoms with Crippen molar-refractivity contribution in [3.63, 3.8) is 0 Å². The molecule has 7 nitrogen and oxygen atoms in total. The van der Waals surface area contributed by atoms with E-state index in [9.17, 15) is 20.0 Å². The highest BCUT2D eigenvalue weighted by molar-refractivity contribution is 5.90. The molecule has 0 spiro atoms. The van der Waals surface area contributed by atoms with Crippen LogP contribution in [0, 0.1) is 10.1 Å². The smallest absolute Gasteiger partial charge is 0.319 e. The molecular formula is C12H15N3O4. The molecule has 7 heteroatoms. The maximum atomic E-state index is 11.8. The van der Waals surface area contributed by atoms with E-state index in [0.717, 1.165) is 19.3 Å². The number of non-ortho nitro benzene ring substituents is 1. The van der Waals surface area contributed by atoms with Crippen LogP contribution in [0.2, 0.25) is 0 Å². The largest absolute Gasteiger partial charge is 0.394 e. The first kappa shape index (κ1) is 13.3. The number of rotatable bonds is 4. The summed E-state index contributed by atoms with van der Waals surface area (Å²) in [5.41, 5.74) is -0.275. The average Bonchev–Trinajstić information content (AvgIpc) is 2.34. The topological polar surface area (TPSA) is 104 Å². The Morgan fingerprint density at radius 3 is 2.74 bits per heavy atom. The minimum atomic E-state index is -0.537. The summed E-state index contributed by atoms with van der Waals surface area (Å²) in [6.07, 6.45) is 2.45. The van der Waals surface area contributed by atoms with Gasteiger partial charge in [0.2, 0.25) is 0 Å². The Balaban J connectivity index is 1.99. The Morgan fingerprint density at radius 2 is 2.21 bits per heavy atom. The molecule has 1 aromatic rings. The molecular weight excluding hydrogens is 250 g/mol. The van der Waals surface area contributed by atoms with E-state index in [1.165, 1.54) is 18.2 Å². The SMILES string of the molecule is O=C(Nc1cccc([N+](=O)[O-])c1)NC1(CO)CCC1. The maximum absolute atomic E-state index is 11.8. The Kier molecular flexibility index (Phi) is 3.66. The first-order chi connectivity index (χ1) is 9.04. The van der Waals surface area contributed by atoms with Crippen LogP contribution in [-0.4, -0.2) is 28.2 Å². The summed E-state index contributed by atoms with van der Waals surface area (Å²) in [4.78, 5) is 21.8. The summed E-state index contributed by atoms with van der Waals surface area (Å²) < 4.78 is 0. The fourth-order valence-corrected chi connectivity index (χ4v) is 2.03. The molecule has 0 aromatic heterocycles. The van der Waals surface area contributed by atoms with Gasteiger partial charge in [0.05, 0.1) is 17.1 Å². The molecule has 1 saturated carbocycles. The van der Waals surface area contributed by atoms with Crippen LogP contribution in [-0.2, 0) is 0 Å². The molecule has 0 atom stereocenters. The first-order valence-corrected chi connectivity index (χ1v) is 5.99. The third-order valence-corrected chi connectivity index (χ3v) is 3.31. The van der Waals surface area contributed by atoms with Crippen LogP contribution in [0.1, 0.15) is 19.3 Å². The summed E-state index contributed by atoms with van der Waals surface area (Å²) in [6.45, 7) is -0.102. The van der Waals surface area contributed by atoms with Gasteiger partial charge in [0, 0.05) is 17.8 Å². The number of nitro groups is 1. The number of aliphatic hydroxyl groups is 1. The Hall–Kier alpha value is -2.15. The van der Waals surface area contributed by atoms with E-state index >= 15 is 0 Å². The lowest BCUT2D eigenvalue weighted by Gasteiger charge is -2.40. The molecule has 2 rings (SSSR count). The number of benzene rings is 1. The van der Waals surface area contributed by atoms with Gasteiger partial charge < -0.3 is 15.7 Å². The van der Waals surface area contributed by atoms with E-state index in [-0.39, 0.29) is 12.3 Å². The lowest BCUT2D eigenvalue weighted by atomic mass is 9.77. The number of aliphatic hydroxyl groups excluding tert-OH is 1. The minimum Gasteiger partial charge on any atom is -0.394 e. The van der Waals surface area contributed by atoms with Gasteiger partial charge in [0.1, 0.15) is 0 Å². The van der Waals surface area contributed by atoms with Crippen molar-refractivity contribution in [3.05, 3.63) is 34.4 Å². The molecule has 19 heavy (non-hydrogen) atoms. The highest BCUT2D eigenvalue weighted by Gasteiger charge is 2.37. The van der Waals surface area contributed by atoms with E-state index in [1.54, 1.807) is 6.07 Å². The van der Waals surface area contributed by atoms with Gasteiger partial charge in [-0.3, -0.25) is 10.1 Å². The van der Waals surface area contributed by atoms with Gasteiger partial charge in [-0.2, -0.15) is 0 Å².